The van der Waals surface area contributed by atoms with E-state index >= 15 is 0 Å². The zero-order chi connectivity index (χ0) is 13.5. The molecule has 0 saturated heterocycles. The lowest BCUT2D eigenvalue weighted by Gasteiger charge is -2.18. The third kappa shape index (κ3) is 4.35. The molecular weight excluding hydrogens is 234 g/mol. The molecule has 3 N–H and O–H groups in total. The van der Waals surface area contributed by atoms with Gasteiger partial charge in [-0.3, -0.25) is 10.1 Å². The Kier molecular flexibility index (Phi) is 5.61. The fourth-order valence-electron chi connectivity index (χ4n) is 1.54. The van der Waals surface area contributed by atoms with E-state index in [4.69, 9.17) is 14.9 Å². The van der Waals surface area contributed by atoms with Crippen LogP contribution in [0.4, 0.5) is 0 Å². The van der Waals surface area contributed by atoms with Gasteiger partial charge in [-0.1, -0.05) is 32.0 Å². The van der Waals surface area contributed by atoms with Gasteiger partial charge < -0.3 is 14.9 Å². The molecule has 18 heavy (non-hydrogen) atoms. The van der Waals surface area contributed by atoms with Gasteiger partial charge in [-0.05, 0) is 6.07 Å². The highest BCUT2D eigenvalue weighted by Crippen LogP contribution is 2.17. The highest BCUT2D eigenvalue weighted by Gasteiger charge is 2.19. The van der Waals surface area contributed by atoms with Crippen LogP contribution in [0.3, 0.4) is 0 Å². The third-order valence-electron chi connectivity index (χ3n) is 2.38. The van der Waals surface area contributed by atoms with Crippen molar-refractivity contribution in [2.24, 2.45) is 0 Å². The van der Waals surface area contributed by atoms with Crippen molar-refractivity contribution in [2.45, 2.75) is 32.5 Å². The van der Waals surface area contributed by atoms with Gasteiger partial charge in [0.15, 0.2) is 0 Å². The molecule has 0 fully saturated rings. The predicted octanol–water partition coefficient (Wildman–Crippen LogP) is 1.01. The van der Waals surface area contributed by atoms with Crippen molar-refractivity contribution in [2.75, 3.05) is 6.61 Å². The van der Waals surface area contributed by atoms with Crippen molar-refractivity contribution in [1.82, 2.24) is 5.32 Å². The predicted molar refractivity (Wildman–Crippen MR) is 67.6 cm³/mol. The zero-order valence-electron chi connectivity index (χ0n) is 10.6. The van der Waals surface area contributed by atoms with Crippen LogP contribution in [0.2, 0.25) is 0 Å². The highest BCUT2D eigenvalue weighted by atomic mass is 16.5. The summed E-state index contributed by atoms with van der Waals surface area (Å²) in [5, 5.41) is 21.1. The molecule has 0 spiro atoms. The van der Waals surface area contributed by atoms with Crippen molar-refractivity contribution in [3.8, 4) is 5.75 Å². The third-order valence-corrected chi connectivity index (χ3v) is 2.38. The molecule has 1 atom stereocenters. The van der Waals surface area contributed by atoms with Crippen molar-refractivity contribution in [3.05, 3.63) is 29.8 Å². The summed E-state index contributed by atoms with van der Waals surface area (Å²) in [5.41, 5.74) is 0.645. The first-order valence-electron chi connectivity index (χ1n) is 5.85. The smallest absolute Gasteiger partial charge is 0.324 e. The Morgan fingerprint density at radius 1 is 1.39 bits per heavy atom. The average molecular weight is 253 g/mol. The molecule has 1 aromatic carbocycles. The summed E-state index contributed by atoms with van der Waals surface area (Å²) in [5.74, 6) is -0.443. The van der Waals surface area contributed by atoms with E-state index in [9.17, 15) is 4.79 Å². The molecule has 0 aliphatic rings. The minimum atomic E-state index is -0.954. The van der Waals surface area contributed by atoms with Gasteiger partial charge in [0.25, 0.3) is 0 Å². The molecule has 0 aliphatic heterocycles. The number of benzene rings is 1. The van der Waals surface area contributed by atoms with E-state index in [1.807, 2.05) is 13.8 Å². The zero-order valence-corrected chi connectivity index (χ0v) is 10.6. The van der Waals surface area contributed by atoms with E-state index in [2.05, 4.69) is 5.32 Å². The number of carboxylic acid groups (broad SMARTS) is 1. The first-order chi connectivity index (χ1) is 8.54. The Labute approximate surface area is 106 Å². The summed E-state index contributed by atoms with van der Waals surface area (Å²) in [6, 6.07) is 6.31. The SMILES string of the molecule is CC(C)NC(COc1ccccc1CO)C(=O)O. The molecule has 0 saturated carbocycles. The van der Waals surface area contributed by atoms with Crippen LogP contribution >= 0.6 is 0 Å². The van der Waals surface area contributed by atoms with Crippen LogP contribution in [0.15, 0.2) is 24.3 Å². The topological polar surface area (TPSA) is 78.8 Å². The van der Waals surface area contributed by atoms with E-state index in [1.165, 1.54) is 0 Å². The second-order valence-electron chi connectivity index (χ2n) is 4.29. The Balaban J connectivity index is 2.64. The maximum absolute atomic E-state index is 11.0. The van der Waals surface area contributed by atoms with Crippen LogP contribution in [0.1, 0.15) is 19.4 Å². The van der Waals surface area contributed by atoms with Crippen LogP contribution in [-0.4, -0.2) is 34.9 Å². The second-order valence-corrected chi connectivity index (χ2v) is 4.29. The number of hydrogen-bond donors (Lipinski definition) is 3. The molecule has 100 valence electrons. The minimum Gasteiger partial charge on any atom is -0.491 e. The molecule has 0 aliphatic carbocycles. The molecule has 5 heteroatoms. The van der Waals surface area contributed by atoms with E-state index in [0.29, 0.717) is 11.3 Å². The van der Waals surface area contributed by atoms with Crippen LogP contribution in [0.5, 0.6) is 5.75 Å². The van der Waals surface area contributed by atoms with E-state index < -0.39 is 12.0 Å². The molecule has 0 heterocycles. The van der Waals surface area contributed by atoms with E-state index in [1.54, 1.807) is 24.3 Å². The standard InChI is InChI=1S/C13H19NO4/c1-9(2)14-11(13(16)17)8-18-12-6-4-3-5-10(12)7-15/h3-6,9,11,14-15H,7-8H2,1-2H3,(H,16,17). The van der Waals surface area contributed by atoms with Crippen molar-refractivity contribution >= 4 is 5.97 Å². The Morgan fingerprint density at radius 2 is 2.06 bits per heavy atom. The number of nitrogens with one attached hydrogen (secondary N) is 1. The number of para-hydroxylation sites is 1. The van der Waals surface area contributed by atoms with Gasteiger partial charge in [0.1, 0.15) is 18.4 Å². The second kappa shape index (κ2) is 6.98. The summed E-state index contributed by atoms with van der Waals surface area (Å²) in [4.78, 5) is 11.0. The van der Waals surface area contributed by atoms with Crippen molar-refractivity contribution in [1.29, 1.82) is 0 Å². The van der Waals surface area contributed by atoms with E-state index in [0.717, 1.165) is 0 Å². The van der Waals surface area contributed by atoms with Crippen molar-refractivity contribution < 1.29 is 19.7 Å². The number of aliphatic hydroxyl groups excluding tert-OH is 1. The molecule has 0 aromatic heterocycles. The van der Waals surface area contributed by atoms with Crippen LogP contribution in [0, 0.1) is 0 Å². The summed E-state index contributed by atoms with van der Waals surface area (Å²) in [7, 11) is 0. The number of carbonyl (C=O) groups is 1. The van der Waals surface area contributed by atoms with Gasteiger partial charge in [0.2, 0.25) is 0 Å². The number of rotatable bonds is 7. The van der Waals surface area contributed by atoms with E-state index in [-0.39, 0.29) is 19.3 Å². The monoisotopic (exact) mass is 253 g/mol. The fraction of sp³-hybridized carbons (Fsp3) is 0.462. The molecular formula is C13H19NO4. The summed E-state index contributed by atoms with van der Waals surface area (Å²) in [6.45, 7) is 3.63. The first-order valence-corrected chi connectivity index (χ1v) is 5.85. The fourth-order valence-corrected chi connectivity index (χ4v) is 1.54. The Hall–Kier alpha value is -1.59. The largest absolute Gasteiger partial charge is 0.491 e. The molecule has 1 rings (SSSR count). The van der Waals surface area contributed by atoms with Gasteiger partial charge in [-0.25, -0.2) is 0 Å². The van der Waals surface area contributed by atoms with Gasteiger partial charge in [0, 0.05) is 11.6 Å². The van der Waals surface area contributed by atoms with Crippen molar-refractivity contribution in [3.63, 3.8) is 0 Å². The summed E-state index contributed by atoms with van der Waals surface area (Å²) >= 11 is 0. The molecule has 1 unspecified atom stereocenters. The molecule has 0 bridgehead atoms. The Bertz CT molecular complexity index is 392. The molecule has 0 amide bonds. The van der Waals surface area contributed by atoms with Crippen LogP contribution in [-0.2, 0) is 11.4 Å². The number of aliphatic carboxylic acids is 1. The normalized spacial score (nSPS) is 12.4. The Morgan fingerprint density at radius 3 is 2.61 bits per heavy atom. The highest BCUT2D eigenvalue weighted by molar-refractivity contribution is 5.73. The summed E-state index contributed by atoms with van der Waals surface area (Å²) < 4.78 is 5.45. The van der Waals surface area contributed by atoms with Gasteiger partial charge in [-0.15, -0.1) is 0 Å². The van der Waals surface area contributed by atoms with Crippen LogP contribution < -0.4 is 10.1 Å². The molecule has 0 radical (unpaired) electrons. The maximum atomic E-state index is 11.0. The lowest BCUT2D eigenvalue weighted by atomic mass is 10.2. The lowest BCUT2D eigenvalue weighted by molar-refractivity contribution is -0.140. The molecule has 1 aromatic rings. The first kappa shape index (κ1) is 14.5. The van der Waals surface area contributed by atoms with Gasteiger partial charge in [0.05, 0.1) is 6.61 Å². The summed E-state index contributed by atoms with van der Waals surface area (Å²) in [6.07, 6.45) is 0. The average Bonchev–Trinajstić information content (AvgIpc) is 2.34. The number of aliphatic hydroxyl groups is 1. The quantitative estimate of drug-likeness (QED) is 0.676. The van der Waals surface area contributed by atoms with Gasteiger partial charge in [-0.2, -0.15) is 0 Å². The van der Waals surface area contributed by atoms with Gasteiger partial charge >= 0.3 is 5.97 Å². The maximum Gasteiger partial charge on any atom is 0.324 e. The lowest BCUT2D eigenvalue weighted by Crippen LogP contribution is -2.44. The number of carboxylic acids is 1. The number of ether oxygens (including phenoxy) is 1. The molecule has 5 nitrogen and oxygen atoms in total. The minimum absolute atomic E-state index is 0.0184. The number of hydrogen-bond acceptors (Lipinski definition) is 4. The van der Waals surface area contributed by atoms with Crippen LogP contribution in [0.25, 0.3) is 0 Å².